The van der Waals surface area contributed by atoms with Gasteiger partial charge >= 0.3 is 0 Å². The predicted molar refractivity (Wildman–Crippen MR) is 99.3 cm³/mol. The fourth-order valence-electron chi connectivity index (χ4n) is 2.78. The summed E-state index contributed by atoms with van der Waals surface area (Å²) in [5.74, 6) is -0.00588. The Kier molecular flexibility index (Phi) is 8.30. The van der Waals surface area contributed by atoms with E-state index in [-0.39, 0.29) is 28.9 Å². The summed E-state index contributed by atoms with van der Waals surface area (Å²) in [5.41, 5.74) is 0.272. The minimum Gasteiger partial charge on any atom is -0.341 e. The topological polar surface area (TPSA) is 61.4 Å². The molecule has 2 unspecified atom stereocenters. The summed E-state index contributed by atoms with van der Waals surface area (Å²) in [7, 11) is 1.90. The average Bonchev–Trinajstić information content (AvgIpc) is 2.98. The van der Waals surface area contributed by atoms with Gasteiger partial charge in [-0.3, -0.25) is 9.59 Å². The smallest absolute Gasteiger partial charge is 0.253 e. The molecule has 0 saturated carbocycles. The van der Waals surface area contributed by atoms with Crippen molar-refractivity contribution in [3.05, 3.63) is 33.8 Å². The lowest BCUT2D eigenvalue weighted by Gasteiger charge is -2.22. The van der Waals surface area contributed by atoms with Crippen LogP contribution in [0.25, 0.3) is 0 Å². The number of hydrogen-bond acceptors (Lipinski definition) is 3. The van der Waals surface area contributed by atoms with Gasteiger partial charge in [-0.15, -0.1) is 12.4 Å². The van der Waals surface area contributed by atoms with Crippen LogP contribution in [0.3, 0.4) is 0 Å². The van der Waals surface area contributed by atoms with E-state index in [9.17, 15) is 9.59 Å². The van der Waals surface area contributed by atoms with Gasteiger partial charge in [-0.05, 0) is 45.0 Å². The molecule has 2 amide bonds. The maximum absolute atomic E-state index is 12.4. The van der Waals surface area contributed by atoms with Crippen molar-refractivity contribution in [2.45, 2.75) is 19.4 Å². The summed E-state index contributed by atoms with van der Waals surface area (Å²) in [5, 5.41) is 6.34. The Bertz CT molecular complexity index is 598. The Labute approximate surface area is 158 Å². The first-order valence-corrected chi connectivity index (χ1v) is 8.38. The number of rotatable bonds is 5. The third-order valence-electron chi connectivity index (χ3n) is 4.00. The number of benzene rings is 1. The third kappa shape index (κ3) is 4.99. The van der Waals surface area contributed by atoms with E-state index < -0.39 is 11.9 Å². The number of halogens is 3. The van der Waals surface area contributed by atoms with Crippen molar-refractivity contribution in [3.8, 4) is 0 Å². The molecule has 24 heavy (non-hydrogen) atoms. The molecule has 8 heteroatoms. The minimum absolute atomic E-state index is 0. The SMILES string of the molecule is CNCC1CCN(C(=O)C(C)NC(=O)c2cccc(Cl)c2Cl)C1.Cl. The Morgan fingerprint density at radius 2 is 2.08 bits per heavy atom. The summed E-state index contributed by atoms with van der Waals surface area (Å²) < 4.78 is 0. The second-order valence-corrected chi connectivity index (χ2v) is 6.58. The maximum atomic E-state index is 12.4. The molecule has 0 spiro atoms. The second-order valence-electron chi connectivity index (χ2n) is 5.79. The van der Waals surface area contributed by atoms with E-state index >= 15 is 0 Å². The number of hydrogen-bond donors (Lipinski definition) is 2. The van der Waals surface area contributed by atoms with Crippen molar-refractivity contribution < 1.29 is 9.59 Å². The van der Waals surface area contributed by atoms with Crippen LogP contribution in [-0.4, -0.2) is 49.4 Å². The van der Waals surface area contributed by atoms with Crippen LogP contribution in [0.4, 0.5) is 0 Å². The van der Waals surface area contributed by atoms with E-state index in [0.717, 1.165) is 26.1 Å². The fraction of sp³-hybridized carbons (Fsp3) is 0.500. The van der Waals surface area contributed by atoms with Crippen molar-refractivity contribution in [2.75, 3.05) is 26.7 Å². The van der Waals surface area contributed by atoms with Crippen LogP contribution >= 0.6 is 35.6 Å². The van der Waals surface area contributed by atoms with Crippen LogP contribution < -0.4 is 10.6 Å². The van der Waals surface area contributed by atoms with Gasteiger partial charge in [0.25, 0.3) is 5.91 Å². The van der Waals surface area contributed by atoms with Crippen LogP contribution in [0.5, 0.6) is 0 Å². The van der Waals surface area contributed by atoms with Crippen molar-refractivity contribution in [1.82, 2.24) is 15.5 Å². The highest BCUT2D eigenvalue weighted by molar-refractivity contribution is 6.43. The summed E-state index contributed by atoms with van der Waals surface area (Å²) >= 11 is 12.0. The van der Waals surface area contributed by atoms with Gasteiger partial charge in [-0.25, -0.2) is 0 Å². The average molecular weight is 395 g/mol. The Hall–Kier alpha value is -1.01. The normalized spacial score (nSPS) is 18.0. The number of nitrogens with zero attached hydrogens (tertiary/aromatic N) is 1. The maximum Gasteiger partial charge on any atom is 0.253 e. The van der Waals surface area contributed by atoms with E-state index in [1.165, 1.54) is 0 Å². The first-order valence-electron chi connectivity index (χ1n) is 7.62. The molecule has 1 aromatic rings. The summed E-state index contributed by atoms with van der Waals surface area (Å²) in [4.78, 5) is 26.5. The van der Waals surface area contributed by atoms with Gasteiger partial charge in [0, 0.05) is 13.1 Å². The molecule has 0 aromatic heterocycles. The van der Waals surface area contributed by atoms with E-state index in [4.69, 9.17) is 23.2 Å². The highest BCUT2D eigenvalue weighted by Crippen LogP contribution is 2.25. The van der Waals surface area contributed by atoms with E-state index in [2.05, 4.69) is 10.6 Å². The number of amides is 2. The lowest BCUT2D eigenvalue weighted by molar-refractivity contribution is -0.131. The van der Waals surface area contributed by atoms with Gasteiger partial charge in [-0.2, -0.15) is 0 Å². The molecule has 134 valence electrons. The van der Waals surface area contributed by atoms with Crippen molar-refractivity contribution >= 4 is 47.4 Å². The molecule has 1 heterocycles. The zero-order valence-corrected chi connectivity index (χ0v) is 16.0. The van der Waals surface area contributed by atoms with Gasteiger partial charge in [0.15, 0.2) is 0 Å². The minimum atomic E-state index is -0.606. The van der Waals surface area contributed by atoms with E-state index in [1.807, 2.05) is 7.05 Å². The predicted octanol–water partition coefficient (Wildman–Crippen LogP) is 2.60. The highest BCUT2D eigenvalue weighted by atomic mass is 35.5. The molecule has 1 aliphatic rings. The largest absolute Gasteiger partial charge is 0.341 e. The molecular weight excluding hydrogens is 373 g/mol. The molecule has 2 atom stereocenters. The summed E-state index contributed by atoms with van der Waals surface area (Å²) in [6, 6.07) is 4.24. The van der Waals surface area contributed by atoms with Gasteiger partial charge in [-0.1, -0.05) is 29.3 Å². The van der Waals surface area contributed by atoms with Crippen LogP contribution in [0.15, 0.2) is 18.2 Å². The van der Waals surface area contributed by atoms with E-state index in [1.54, 1.807) is 30.0 Å². The highest BCUT2D eigenvalue weighted by Gasteiger charge is 2.29. The first kappa shape index (κ1) is 21.0. The number of nitrogens with one attached hydrogen (secondary N) is 2. The number of carbonyl (C=O) groups excluding carboxylic acids is 2. The monoisotopic (exact) mass is 393 g/mol. The van der Waals surface area contributed by atoms with Gasteiger partial charge < -0.3 is 15.5 Å². The number of likely N-dealkylation sites (tertiary alicyclic amines) is 1. The zero-order valence-electron chi connectivity index (χ0n) is 13.6. The fourth-order valence-corrected chi connectivity index (χ4v) is 3.16. The molecule has 1 aromatic carbocycles. The quantitative estimate of drug-likeness (QED) is 0.807. The molecule has 1 fully saturated rings. The molecule has 2 N–H and O–H groups in total. The van der Waals surface area contributed by atoms with Crippen LogP contribution in [0, 0.1) is 5.92 Å². The molecular formula is C16H22Cl3N3O2. The lowest BCUT2D eigenvalue weighted by Crippen LogP contribution is -2.46. The van der Waals surface area contributed by atoms with Crippen LogP contribution in [-0.2, 0) is 4.79 Å². The van der Waals surface area contributed by atoms with Gasteiger partial charge in [0.1, 0.15) is 6.04 Å². The Balaban J connectivity index is 0.00000288. The zero-order chi connectivity index (χ0) is 17.0. The summed E-state index contributed by atoms with van der Waals surface area (Å²) in [6.07, 6.45) is 0.980. The standard InChI is InChI=1S/C16H21Cl2N3O2.ClH/c1-10(16(23)21-7-6-11(9-21)8-19-2)20-15(22)12-4-3-5-13(17)14(12)18;/h3-5,10-11,19H,6-9H2,1-2H3,(H,20,22);1H. The summed E-state index contributed by atoms with van der Waals surface area (Å²) in [6.45, 7) is 4.02. The van der Waals surface area contributed by atoms with Gasteiger partial charge in [0.2, 0.25) is 5.91 Å². The van der Waals surface area contributed by atoms with Crippen molar-refractivity contribution in [2.24, 2.45) is 5.92 Å². The second kappa shape index (κ2) is 9.47. The first-order chi connectivity index (χ1) is 10.9. The molecule has 0 radical (unpaired) electrons. The lowest BCUT2D eigenvalue weighted by atomic mass is 10.1. The molecule has 1 aliphatic heterocycles. The molecule has 0 aliphatic carbocycles. The molecule has 1 saturated heterocycles. The molecule has 5 nitrogen and oxygen atoms in total. The van der Waals surface area contributed by atoms with E-state index in [0.29, 0.717) is 10.9 Å². The van der Waals surface area contributed by atoms with Crippen LogP contribution in [0.2, 0.25) is 10.0 Å². The third-order valence-corrected chi connectivity index (χ3v) is 4.82. The number of carbonyl (C=O) groups is 2. The Morgan fingerprint density at radius 3 is 2.75 bits per heavy atom. The van der Waals surface area contributed by atoms with Crippen molar-refractivity contribution in [1.29, 1.82) is 0 Å². The van der Waals surface area contributed by atoms with Gasteiger partial charge in [0.05, 0.1) is 15.6 Å². The molecule has 0 bridgehead atoms. The molecule has 2 rings (SSSR count). The Morgan fingerprint density at radius 1 is 1.38 bits per heavy atom. The van der Waals surface area contributed by atoms with Crippen molar-refractivity contribution in [3.63, 3.8) is 0 Å². The van der Waals surface area contributed by atoms with Crippen LogP contribution in [0.1, 0.15) is 23.7 Å².